The van der Waals surface area contributed by atoms with Crippen molar-refractivity contribution >= 4 is 26.8 Å². The SMILES string of the molecule is Cn1c(C[N+](=O)[O-])cc2cccc(Br)c21. The molecular formula is C10H9BrN2O2. The van der Waals surface area contributed by atoms with Crippen LogP contribution in [0.2, 0.25) is 0 Å². The number of fused-ring (bicyclic) bond motifs is 1. The summed E-state index contributed by atoms with van der Waals surface area (Å²) in [5.74, 6) is 0. The summed E-state index contributed by atoms with van der Waals surface area (Å²) in [6.07, 6.45) is 0. The minimum atomic E-state index is -0.317. The van der Waals surface area contributed by atoms with E-state index in [-0.39, 0.29) is 11.5 Å². The van der Waals surface area contributed by atoms with Crippen molar-refractivity contribution in [1.82, 2.24) is 4.57 Å². The van der Waals surface area contributed by atoms with E-state index in [0.717, 1.165) is 15.4 Å². The first-order valence-electron chi connectivity index (χ1n) is 4.44. The van der Waals surface area contributed by atoms with E-state index in [2.05, 4.69) is 15.9 Å². The number of nitrogens with zero attached hydrogens (tertiary/aromatic N) is 2. The van der Waals surface area contributed by atoms with Crippen molar-refractivity contribution in [3.8, 4) is 0 Å². The molecule has 15 heavy (non-hydrogen) atoms. The zero-order chi connectivity index (χ0) is 11.0. The Morgan fingerprint density at radius 1 is 1.53 bits per heavy atom. The van der Waals surface area contributed by atoms with Crippen molar-refractivity contribution in [3.63, 3.8) is 0 Å². The van der Waals surface area contributed by atoms with E-state index in [1.54, 1.807) is 0 Å². The van der Waals surface area contributed by atoms with Gasteiger partial charge in [-0.25, -0.2) is 0 Å². The molecule has 78 valence electrons. The van der Waals surface area contributed by atoms with Gasteiger partial charge in [0.15, 0.2) is 0 Å². The number of nitro groups is 1. The Labute approximate surface area is 94.8 Å². The Balaban J connectivity index is 2.64. The Kier molecular flexibility index (Phi) is 2.48. The molecule has 0 fully saturated rings. The molecule has 1 aromatic heterocycles. The van der Waals surface area contributed by atoms with Crippen molar-refractivity contribution in [2.75, 3.05) is 0 Å². The van der Waals surface area contributed by atoms with Crippen molar-refractivity contribution < 1.29 is 4.92 Å². The van der Waals surface area contributed by atoms with Gasteiger partial charge < -0.3 is 4.57 Å². The Morgan fingerprint density at radius 2 is 2.27 bits per heavy atom. The summed E-state index contributed by atoms with van der Waals surface area (Å²) >= 11 is 3.44. The molecule has 1 heterocycles. The number of hydrogen-bond donors (Lipinski definition) is 0. The predicted molar refractivity (Wildman–Crippen MR) is 61.3 cm³/mol. The number of benzene rings is 1. The fourth-order valence-electron chi connectivity index (χ4n) is 1.71. The maximum atomic E-state index is 10.5. The Hall–Kier alpha value is -1.36. The maximum absolute atomic E-state index is 10.5. The average molecular weight is 269 g/mol. The molecule has 0 saturated carbocycles. The first-order valence-corrected chi connectivity index (χ1v) is 5.23. The molecule has 0 atom stereocenters. The molecule has 0 aliphatic carbocycles. The summed E-state index contributed by atoms with van der Waals surface area (Å²) in [5.41, 5.74) is 1.70. The number of aryl methyl sites for hydroxylation is 1. The molecule has 1 aromatic carbocycles. The highest BCUT2D eigenvalue weighted by molar-refractivity contribution is 9.10. The largest absolute Gasteiger partial charge is 0.341 e. The lowest BCUT2D eigenvalue weighted by atomic mass is 10.2. The molecule has 2 rings (SSSR count). The third kappa shape index (κ3) is 1.74. The molecule has 0 amide bonds. The van der Waals surface area contributed by atoms with Crippen molar-refractivity contribution in [3.05, 3.63) is 44.5 Å². The van der Waals surface area contributed by atoms with Gasteiger partial charge in [0.25, 0.3) is 0 Å². The molecule has 0 bridgehead atoms. The van der Waals surface area contributed by atoms with Gasteiger partial charge in [0.2, 0.25) is 6.54 Å². The summed E-state index contributed by atoms with van der Waals surface area (Å²) < 4.78 is 2.81. The second-order valence-corrected chi connectivity index (χ2v) is 4.22. The maximum Gasteiger partial charge on any atom is 0.243 e. The molecule has 0 unspecified atom stereocenters. The van der Waals surface area contributed by atoms with Gasteiger partial charge in [0, 0.05) is 21.8 Å². The molecule has 0 saturated heterocycles. The lowest BCUT2D eigenvalue weighted by Crippen LogP contribution is -2.03. The van der Waals surface area contributed by atoms with Gasteiger partial charge >= 0.3 is 0 Å². The van der Waals surface area contributed by atoms with E-state index in [4.69, 9.17) is 0 Å². The van der Waals surface area contributed by atoms with Crippen LogP contribution in [0.1, 0.15) is 5.69 Å². The van der Waals surface area contributed by atoms with Crippen LogP contribution in [0.5, 0.6) is 0 Å². The Morgan fingerprint density at radius 3 is 2.87 bits per heavy atom. The molecule has 0 radical (unpaired) electrons. The Bertz CT molecular complexity index is 533. The van der Waals surface area contributed by atoms with E-state index in [9.17, 15) is 10.1 Å². The molecule has 0 spiro atoms. The number of aromatic nitrogens is 1. The van der Waals surface area contributed by atoms with Crippen LogP contribution in [-0.4, -0.2) is 9.49 Å². The van der Waals surface area contributed by atoms with Gasteiger partial charge in [-0.3, -0.25) is 10.1 Å². The van der Waals surface area contributed by atoms with Crippen LogP contribution in [-0.2, 0) is 13.6 Å². The van der Waals surface area contributed by atoms with Crippen LogP contribution >= 0.6 is 15.9 Å². The van der Waals surface area contributed by atoms with E-state index in [0.29, 0.717) is 5.69 Å². The first kappa shape index (κ1) is 10.2. The highest BCUT2D eigenvalue weighted by Gasteiger charge is 2.11. The quantitative estimate of drug-likeness (QED) is 0.621. The molecule has 5 heteroatoms. The van der Waals surface area contributed by atoms with E-state index in [1.807, 2.05) is 35.9 Å². The zero-order valence-corrected chi connectivity index (χ0v) is 9.69. The number of rotatable bonds is 2. The summed E-state index contributed by atoms with van der Waals surface area (Å²) in [6.45, 7) is -0.141. The van der Waals surface area contributed by atoms with Crippen LogP contribution in [0.15, 0.2) is 28.7 Å². The summed E-state index contributed by atoms with van der Waals surface area (Å²) in [6, 6.07) is 7.65. The van der Waals surface area contributed by atoms with Crippen LogP contribution < -0.4 is 0 Å². The minimum Gasteiger partial charge on any atom is -0.341 e. The van der Waals surface area contributed by atoms with Crippen molar-refractivity contribution in [2.45, 2.75) is 6.54 Å². The van der Waals surface area contributed by atoms with Gasteiger partial charge in [0.05, 0.1) is 11.2 Å². The lowest BCUT2D eigenvalue weighted by Gasteiger charge is -2.01. The van der Waals surface area contributed by atoms with Gasteiger partial charge in [-0.05, 0) is 28.1 Å². The van der Waals surface area contributed by atoms with Crippen LogP contribution in [0.25, 0.3) is 10.9 Å². The zero-order valence-electron chi connectivity index (χ0n) is 8.11. The van der Waals surface area contributed by atoms with Gasteiger partial charge in [0.1, 0.15) is 0 Å². The minimum absolute atomic E-state index is 0.141. The normalized spacial score (nSPS) is 10.8. The third-order valence-corrected chi connectivity index (χ3v) is 3.04. The summed E-state index contributed by atoms with van der Waals surface area (Å²) in [7, 11) is 1.84. The van der Waals surface area contributed by atoms with Gasteiger partial charge in [-0.1, -0.05) is 12.1 Å². The fraction of sp³-hybridized carbons (Fsp3) is 0.200. The van der Waals surface area contributed by atoms with Gasteiger partial charge in [-0.2, -0.15) is 0 Å². The summed E-state index contributed by atoms with van der Waals surface area (Å²) in [5, 5.41) is 11.5. The van der Waals surface area contributed by atoms with E-state index < -0.39 is 0 Å². The average Bonchev–Trinajstić information content (AvgIpc) is 2.44. The molecule has 0 aliphatic heterocycles. The van der Waals surface area contributed by atoms with Gasteiger partial charge in [-0.15, -0.1) is 0 Å². The topological polar surface area (TPSA) is 48.1 Å². The summed E-state index contributed by atoms with van der Waals surface area (Å²) in [4.78, 5) is 10.1. The fourth-order valence-corrected chi connectivity index (χ4v) is 2.35. The van der Waals surface area contributed by atoms with E-state index in [1.165, 1.54) is 0 Å². The number of para-hydroxylation sites is 1. The predicted octanol–water partition coefficient (Wildman–Crippen LogP) is 2.72. The van der Waals surface area contributed by atoms with Crippen LogP contribution in [0, 0.1) is 10.1 Å². The molecule has 0 N–H and O–H groups in total. The second kappa shape index (κ2) is 3.66. The van der Waals surface area contributed by atoms with Crippen LogP contribution in [0.4, 0.5) is 0 Å². The highest BCUT2D eigenvalue weighted by Crippen LogP contribution is 2.26. The number of hydrogen-bond acceptors (Lipinski definition) is 2. The number of halogens is 1. The second-order valence-electron chi connectivity index (χ2n) is 3.36. The standard InChI is InChI=1S/C10H9BrN2O2/c1-12-8(6-13(14)15)5-7-3-2-4-9(11)10(7)12/h2-5H,6H2,1H3. The van der Waals surface area contributed by atoms with E-state index >= 15 is 0 Å². The third-order valence-electron chi connectivity index (χ3n) is 2.40. The van der Waals surface area contributed by atoms with Crippen molar-refractivity contribution in [1.29, 1.82) is 0 Å². The highest BCUT2D eigenvalue weighted by atomic mass is 79.9. The smallest absolute Gasteiger partial charge is 0.243 e. The molecule has 0 aliphatic rings. The lowest BCUT2D eigenvalue weighted by molar-refractivity contribution is -0.497. The molecule has 4 nitrogen and oxygen atoms in total. The molecule has 2 aromatic rings. The molecular weight excluding hydrogens is 260 g/mol. The monoisotopic (exact) mass is 268 g/mol. The van der Waals surface area contributed by atoms with Crippen LogP contribution in [0.3, 0.4) is 0 Å². The van der Waals surface area contributed by atoms with Crippen molar-refractivity contribution in [2.24, 2.45) is 7.05 Å². The first-order chi connectivity index (χ1) is 7.09.